The van der Waals surface area contributed by atoms with Crippen molar-refractivity contribution in [2.24, 2.45) is 0 Å². The summed E-state index contributed by atoms with van der Waals surface area (Å²) < 4.78 is 6.69. The summed E-state index contributed by atoms with van der Waals surface area (Å²) in [5, 5.41) is 12.3. The summed E-state index contributed by atoms with van der Waals surface area (Å²) in [5.74, 6) is -1.23. The zero-order valence-electron chi connectivity index (χ0n) is 20.4. The van der Waals surface area contributed by atoms with Crippen molar-refractivity contribution < 1.29 is 19.4 Å². The molecule has 0 bridgehead atoms. The van der Waals surface area contributed by atoms with Crippen LogP contribution in [0.4, 0.5) is 5.13 Å². The topological polar surface area (TPSA) is 79.7 Å². The van der Waals surface area contributed by atoms with Crippen LogP contribution in [0.1, 0.15) is 42.5 Å². The lowest BCUT2D eigenvalue weighted by atomic mass is 9.95. The summed E-state index contributed by atoms with van der Waals surface area (Å²) in [6, 6.07) is 18.8. The number of Topliss-reactive ketones (excluding diaryl/α,β-unsaturated/α-hetero) is 1. The second-order valence-corrected chi connectivity index (χ2v) is 10.4. The first-order valence-electron chi connectivity index (χ1n) is 12.0. The molecule has 1 aliphatic heterocycles. The van der Waals surface area contributed by atoms with Crippen LogP contribution in [0.15, 0.2) is 72.3 Å². The third kappa shape index (κ3) is 4.84. The average Bonchev–Trinajstić information content (AvgIpc) is 3.41. The zero-order valence-corrected chi connectivity index (χ0v) is 22.0. The molecule has 0 aliphatic carbocycles. The van der Waals surface area contributed by atoms with Crippen LogP contribution < -0.4 is 9.64 Å². The van der Waals surface area contributed by atoms with Crippen molar-refractivity contribution in [3.63, 3.8) is 0 Å². The van der Waals surface area contributed by atoms with E-state index in [-0.39, 0.29) is 11.3 Å². The summed E-state index contributed by atoms with van der Waals surface area (Å²) in [5.41, 5.74) is 2.76. The molecular formula is C29H25ClN2O4S. The SMILES string of the molecule is CCCCOc1cccc(C(O)=C2C(=O)C(=O)N(c3nc4ccc(C)cc4s3)C2c2cccc(Cl)c2)c1. The number of aromatic nitrogens is 1. The number of anilines is 1. The van der Waals surface area contributed by atoms with Gasteiger partial charge in [0.25, 0.3) is 5.78 Å². The van der Waals surface area contributed by atoms with Gasteiger partial charge in [0.05, 0.1) is 28.4 Å². The van der Waals surface area contributed by atoms with E-state index in [4.69, 9.17) is 16.3 Å². The van der Waals surface area contributed by atoms with Gasteiger partial charge in [-0.1, -0.05) is 66.6 Å². The number of halogens is 1. The number of ketones is 1. The first kappa shape index (κ1) is 25.0. The highest BCUT2D eigenvalue weighted by molar-refractivity contribution is 7.22. The van der Waals surface area contributed by atoms with Gasteiger partial charge in [0.1, 0.15) is 11.5 Å². The van der Waals surface area contributed by atoms with Crippen LogP contribution in [-0.2, 0) is 9.59 Å². The molecule has 1 aliphatic rings. The summed E-state index contributed by atoms with van der Waals surface area (Å²) in [7, 11) is 0. The Morgan fingerprint density at radius 1 is 1.11 bits per heavy atom. The predicted octanol–water partition coefficient (Wildman–Crippen LogP) is 7.06. The lowest BCUT2D eigenvalue weighted by Crippen LogP contribution is -2.29. The van der Waals surface area contributed by atoms with Crippen molar-refractivity contribution in [2.75, 3.05) is 11.5 Å². The number of aliphatic hydroxyl groups is 1. The zero-order chi connectivity index (χ0) is 26.1. The Kier molecular flexibility index (Phi) is 7.00. The first-order valence-corrected chi connectivity index (χ1v) is 13.2. The molecule has 0 spiro atoms. The number of carbonyl (C=O) groups is 2. The highest BCUT2D eigenvalue weighted by Gasteiger charge is 2.48. The van der Waals surface area contributed by atoms with Crippen LogP contribution in [-0.4, -0.2) is 28.4 Å². The molecule has 1 saturated heterocycles. The first-order chi connectivity index (χ1) is 17.9. The van der Waals surface area contributed by atoms with Gasteiger partial charge < -0.3 is 9.84 Å². The fourth-order valence-electron chi connectivity index (χ4n) is 4.37. The van der Waals surface area contributed by atoms with Gasteiger partial charge in [-0.3, -0.25) is 14.5 Å². The number of hydrogen-bond donors (Lipinski definition) is 1. The molecule has 3 aromatic carbocycles. The number of aryl methyl sites for hydroxylation is 1. The summed E-state index contributed by atoms with van der Waals surface area (Å²) in [6.07, 6.45) is 1.89. The number of rotatable bonds is 7. The van der Waals surface area contributed by atoms with E-state index < -0.39 is 17.7 Å². The van der Waals surface area contributed by atoms with Crippen molar-refractivity contribution in [3.8, 4) is 5.75 Å². The molecule has 1 atom stereocenters. The van der Waals surface area contributed by atoms with E-state index in [1.165, 1.54) is 16.2 Å². The van der Waals surface area contributed by atoms with Gasteiger partial charge in [-0.05, 0) is 60.9 Å². The fraction of sp³-hybridized carbons (Fsp3) is 0.207. The molecule has 37 heavy (non-hydrogen) atoms. The molecular weight excluding hydrogens is 508 g/mol. The standard InChI is InChI=1S/C29H25ClN2O4S/c1-3-4-13-36-21-10-6-8-19(16-21)26(33)24-25(18-7-5-9-20(30)15-18)32(28(35)27(24)34)29-31-22-12-11-17(2)14-23(22)37-29/h5-12,14-16,25,33H,3-4,13H2,1-2H3. The Hall–Kier alpha value is -3.68. The largest absolute Gasteiger partial charge is 0.507 e. The number of thiazole rings is 1. The monoisotopic (exact) mass is 532 g/mol. The summed E-state index contributed by atoms with van der Waals surface area (Å²) >= 11 is 7.63. The van der Waals surface area contributed by atoms with Crippen molar-refractivity contribution in [2.45, 2.75) is 32.7 Å². The van der Waals surface area contributed by atoms with Gasteiger partial charge in [-0.25, -0.2) is 4.98 Å². The molecule has 1 N–H and O–H groups in total. The number of ether oxygens (including phenoxy) is 1. The van der Waals surface area contributed by atoms with E-state index >= 15 is 0 Å². The maximum absolute atomic E-state index is 13.4. The minimum Gasteiger partial charge on any atom is -0.507 e. The van der Waals surface area contributed by atoms with Crippen molar-refractivity contribution >= 4 is 55.7 Å². The normalized spacial score (nSPS) is 17.1. The van der Waals surface area contributed by atoms with Gasteiger partial charge in [-0.15, -0.1) is 0 Å². The smallest absolute Gasteiger partial charge is 0.301 e. The summed E-state index contributed by atoms with van der Waals surface area (Å²) in [4.78, 5) is 32.9. The molecule has 5 rings (SSSR count). The number of fused-ring (bicyclic) bond motifs is 1. The number of unbranched alkanes of at least 4 members (excludes halogenated alkanes) is 1. The Bertz CT molecular complexity index is 1540. The fourth-order valence-corrected chi connectivity index (χ4v) is 5.66. The van der Waals surface area contributed by atoms with E-state index in [1.807, 2.05) is 25.1 Å². The molecule has 4 aromatic rings. The van der Waals surface area contributed by atoms with Crippen LogP contribution >= 0.6 is 22.9 Å². The van der Waals surface area contributed by atoms with E-state index in [1.54, 1.807) is 48.5 Å². The Balaban J connectivity index is 1.65. The van der Waals surface area contributed by atoms with Crippen molar-refractivity contribution in [1.82, 2.24) is 4.98 Å². The molecule has 2 heterocycles. The van der Waals surface area contributed by atoms with E-state index in [0.717, 1.165) is 28.6 Å². The number of hydrogen-bond acceptors (Lipinski definition) is 6. The number of nitrogens with zero attached hydrogens (tertiary/aromatic N) is 2. The summed E-state index contributed by atoms with van der Waals surface area (Å²) in [6.45, 7) is 4.61. The Morgan fingerprint density at radius 3 is 2.70 bits per heavy atom. The van der Waals surface area contributed by atoms with Crippen molar-refractivity contribution in [1.29, 1.82) is 0 Å². The van der Waals surface area contributed by atoms with Gasteiger partial charge in [0.15, 0.2) is 5.13 Å². The molecule has 0 saturated carbocycles. The molecule has 6 nitrogen and oxygen atoms in total. The van der Waals surface area contributed by atoms with Gasteiger partial charge in [0.2, 0.25) is 0 Å². The number of carbonyl (C=O) groups excluding carboxylic acids is 2. The minimum atomic E-state index is -0.898. The van der Waals surface area contributed by atoms with Crippen molar-refractivity contribution in [3.05, 3.63) is 94.0 Å². The lowest BCUT2D eigenvalue weighted by molar-refractivity contribution is -0.132. The van der Waals surface area contributed by atoms with Gasteiger partial charge in [-0.2, -0.15) is 0 Å². The van der Waals surface area contributed by atoms with E-state index in [9.17, 15) is 14.7 Å². The highest BCUT2D eigenvalue weighted by atomic mass is 35.5. The van der Waals surface area contributed by atoms with Crippen LogP contribution in [0.25, 0.3) is 16.0 Å². The number of aliphatic hydroxyl groups excluding tert-OH is 1. The average molecular weight is 533 g/mol. The molecule has 0 radical (unpaired) electrons. The van der Waals surface area contributed by atoms with Gasteiger partial charge >= 0.3 is 5.91 Å². The Labute approximate surface area is 223 Å². The maximum atomic E-state index is 13.4. The van der Waals surface area contributed by atoms with Crippen LogP contribution in [0, 0.1) is 6.92 Å². The van der Waals surface area contributed by atoms with Crippen LogP contribution in [0.5, 0.6) is 5.75 Å². The van der Waals surface area contributed by atoms with Crippen LogP contribution in [0.2, 0.25) is 5.02 Å². The predicted molar refractivity (Wildman–Crippen MR) is 147 cm³/mol. The molecule has 1 aromatic heterocycles. The number of benzene rings is 3. The van der Waals surface area contributed by atoms with E-state index in [2.05, 4.69) is 11.9 Å². The Morgan fingerprint density at radius 2 is 1.92 bits per heavy atom. The molecule has 1 amide bonds. The third-order valence-corrected chi connectivity index (χ3v) is 7.47. The second kappa shape index (κ2) is 10.4. The van der Waals surface area contributed by atoms with E-state index in [0.29, 0.717) is 33.6 Å². The molecule has 1 fully saturated rings. The van der Waals surface area contributed by atoms with Gasteiger partial charge in [0, 0.05) is 10.6 Å². The molecule has 8 heteroatoms. The highest BCUT2D eigenvalue weighted by Crippen LogP contribution is 2.44. The third-order valence-electron chi connectivity index (χ3n) is 6.22. The minimum absolute atomic E-state index is 0.0200. The lowest BCUT2D eigenvalue weighted by Gasteiger charge is -2.23. The quantitative estimate of drug-likeness (QED) is 0.119. The number of amides is 1. The van der Waals surface area contributed by atoms with Crippen LogP contribution in [0.3, 0.4) is 0 Å². The second-order valence-electron chi connectivity index (χ2n) is 8.92. The molecule has 188 valence electrons. The molecule has 1 unspecified atom stereocenters. The maximum Gasteiger partial charge on any atom is 0.301 e.